The first-order valence-electron chi connectivity index (χ1n) is 10.4. The lowest BCUT2D eigenvalue weighted by atomic mass is 9.99. The summed E-state index contributed by atoms with van der Waals surface area (Å²) in [6, 6.07) is 12.9. The summed E-state index contributed by atoms with van der Waals surface area (Å²) in [5.41, 5.74) is 2.56. The molecule has 0 saturated heterocycles. The molecular weight excluding hydrogens is 449 g/mol. The molecule has 0 radical (unpaired) electrons. The van der Waals surface area contributed by atoms with E-state index < -0.39 is 17.6 Å². The Morgan fingerprint density at radius 3 is 2.67 bits per heavy atom. The molecule has 1 N–H and O–H groups in total. The average molecular weight is 469 g/mol. The second-order valence-corrected chi connectivity index (χ2v) is 8.91. The van der Waals surface area contributed by atoms with Gasteiger partial charge >= 0.3 is 6.18 Å². The van der Waals surface area contributed by atoms with Crippen molar-refractivity contribution in [2.24, 2.45) is 0 Å². The number of aryl methyl sites for hydroxylation is 1. The molecule has 1 aliphatic heterocycles. The number of hydrogen-bond donors (Lipinski definition) is 1. The maximum Gasteiger partial charge on any atom is 0.416 e. The van der Waals surface area contributed by atoms with E-state index in [2.05, 4.69) is 32.3 Å². The molecule has 168 valence electrons. The molecule has 1 amide bonds. The summed E-state index contributed by atoms with van der Waals surface area (Å²) in [5, 5.41) is 3.40. The highest BCUT2D eigenvalue weighted by Gasteiger charge is 2.31. The van der Waals surface area contributed by atoms with Crippen LogP contribution >= 0.6 is 11.3 Å². The van der Waals surface area contributed by atoms with E-state index in [0.717, 1.165) is 36.3 Å². The molecule has 33 heavy (non-hydrogen) atoms. The maximum atomic E-state index is 13.0. The highest BCUT2D eigenvalue weighted by molar-refractivity contribution is 7.20. The number of amides is 1. The van der Waals surface area contributed by atoms with E-state index in [1.165, 1.54) is 40.9 Å². The van der Waals surface area contributed by atoms with Crippen LogP contribution in [0.5, 0.6) is 0 Å². The predicted molar refractivity (Wildman–Crippen MR) is 123 cm³/mol. The third-order valence-corrected chi connectivity index (χ3v) is 6.99. The Morgan fingerprint density at radius 2 is 1.88 bits per heavy atom. The molecular formula is C24H19F3N4OS. The quantitative estimate of drug-likeness (QED) is 0.411. The number of carbonyl (C=O) groups excluding carboxylic acids is 1. The molecule has 0 aliphatic carbocycles. The fraction of sp³-hybridized carbons (Fsp3) is 0.208. The summed E-state index contributed by atoms with van der Waals surface area (Å²) < 4.78 is 39.0. The minimum atomic E-state index is -4.48. The summed E-state index contributed by atoms with van der Waals surface area (Å²) >= 11 is 1.21. The zero-order valence-electron chi connectivity index (χ0n) is 17.6. The Bertz CT molecular complexity index is 1370. The zero-order chi connectivity index (χ0) is 23.2. The van der Waals surface area contributed by atoms with E-state index in [1.54, 1.807) is 0 Å². The largest absolute Gasteiger partial charge is 0.416 e. The van der Waals surface area contributed by atoms with Crippen LogP contribution in [0.4, 0.5) is 24.7 Å². The van der Waals surface area contributed by atoms with E-state index in [9.17, 15) is 18.0 Å². The van der Waals surface area contributed by atoms with Crippen molar-refractivity contribution in [2.75, 3.05) is 16.8 Å². The van der Waals surface area contributed by atoms with Gasteiger partial charge in [-0.15, -0.1) is 11.3 Å². The molecule has 0 atom stereocenters. The Kier molecular flexibility index (Phi) is 5.28. The molecule has 4 aromatic rings. The molecule has 0 spiro atoms. The van der Waals surface area contributed by atoms with Crippen molar-refractivity contribution in [1.82, 2.24) is 9.97 Å². The van der Waals surface area contributed by atoms with Crippen LogP contribution in [0.25, 0.3) is 10.2 Å². The van der Waals surface area contributed by atoms with Crippen LogP contribution in [0, 0.1) is 6.92 Å². The van der Waals surface area contributed by atoms with Gasteiger partial charge in [0.25, 0.3) is 5.91 Å². The Balaban J connectivity index is 1.47. The van der Waals surface area contributed by atoms with E-state index in [1.807, 2.05) is 19.1 Å². The zero-order valence-corrected chi connectivity index (χ0v) is 18.4. The molecule has 5 nitrogen and oxygen atoms in total. The molecule has 0 saturated carbocycles. The minimum absolute atomic E-state index is 0.0885. The molecule has 0 unspecified atom stereocenters. The number of benzene rings is 2. The lowest BCUT2D eigenvalue weighted by molar-refractivity contribution is -0.137. The first-order chi connectivity index (χ1) is 15.8. The standard InChI is InChI=1S/C24H19F3N4OS/c1-14-19-21(31-10-9-15-5-2-3-6-16(15)12-31)28-13-29-23(19)33-20(14)22(32)30-18-8-4-7-17(11-18)24(25,26)27/h2-8,11,13H,9-10,12H2,1H3,(H,30,32). The van der Waals surface area contributed by atoms with Crippen molar-refractivity contribution in [3.8, 4) is 0 Å². The van der Waals surface area contributed by atoms with Gasteiger partial charge in [-0.1, -0.05) is 30.3 Å². The topological polar surface area (TPSA) is 58.1 Å². The normalized spacial score (nSPS) is 13.8. The van der Waals surface area contributed by atoms with Crippen LogP contribution in [0.1, 0.15) is 31.9 Å². The van der Waals surface area contributed by atoms with Gasteiger partial charge in [0.05, 0.1) is 15.8 Å². The van der Waals surface area contributed by atoms with Crippen molar-refractivity contribution < 1.29 is 18.0 Å². The fourth-order valence-electron chi connectivity index (χ4n) is 4.15. The van der Waals surface area contributed by atoms with Crippen LogP contribution in [0.15, 0.2) is 54.9 Å². The lowest BCUT2D eigenvalue weighted by Gasteiger charge is -2.30. The second kappa shape index (κ2) is 8.15. The van der Waals surface area contributed by atoms with Gasteiger partial charge in [0.2, 0.25) is 0 Å². The fourth-order valence-corrected chi connectivity index (χ4v) is 5.19. The number of carbonyl (C=O) groups is 1. The number of aromatic nitrogens is 2. The number of nitrogens with zero attached hydrogens (tertiary/aromatic N) is 3. The number of fused-ring (bicyclic) bond motifs is 2. The van der Waals surface area contributed by atoms with E-state index in [4.69, 9.17) is 0 Å². The molecule has 2 aromatic carbocycles. The van der Waals surface area contributed by atoms with Crippen LogP contribution in [0.2, 0.25) is 0 Å². The first-order valence-corrected chi connectivity index (χ1v) is 11.2. The van der Waals surface area contributed by atoms with Crippen LogP contribution < -0.4 is 10.2 Å². The summed E-state index contributed by atoms with van der Waals surface area (Å²) in [6.07, 6.45) is -2.10. The van der Waals surface area contributed by atoms with Gasteiger partial charge in [0.1, 0.15) is 17.0 Å². The molecule has 2 aromatic heterocycles. The predicted octanol–water partition coefficient (Wildman–Crippen LogP) is 5.83. The van der Waals surface area contributed by atoms with Crippen molar-refractivity contribution in [3.63, 3.8) is 0 Å². The van der Waals surface area contributed by atoms with Crippen molar-refractivity contribution in [2.45, 2.75) is 26.1 Å². The minimum Gasteiger partial charge on any atom is -0.351 e. The van der Waals surface area contributed by atoms with Crippen molar-refractivity contribution in [3.05, 3.63) is 82.0 Å². The molecule has 0 bridgehead atoms. The Labute approximate surface area is 191 Å². The lowest BCUT2D eigenvalue weighted by Crippen LogP contribution is -2.31. The molecule has 5 rings (SSSR count). The summed E-state index contributed by atoms with van der Waals surface area (Å²) in [6.45, 7) is 3.33. The van der Waals surface area contributed by atoms with Gasteiger partial charge < -0.3 is 10.2 Å². The number of hydrogen-bond acceptors (Lipinski definition) is 5. The number of anilines is 2. The number of rotatable bonds is 3. The number of alkyl halides is 3. The second-order valence-electron chi connectivity index (χ2n) is 7.91. The van der Waals surface area contributed by atoms with Gasteiger partial charge in [0.15, 0.2) is 0 Å². The van der Waals surface area contributed by atoms with Crippen molar-refractivity contribution in [1.29, 1.82) is 0 Å². The van der Waals surface area contributed by atoms with Crippen LogP contribution in [-0.4, -0.2) is 22.4 Å². The van der Waals surface area contributed by atoms with Crippen LogP contribution in [0.3, 0.4) is 0 Å². The molecule has 9 heteroatoms. The SMILES string of the molecule is Cc1c(C(=O)Nc2cccc(C(F)(F)F)c2)sc2ncnc(N3CCc4ccccc4C3)c12. The Morgan fingerprint density at radius 1 is 1.09 bits per heavy atom. The monoisotopic (exact) mass is 468 g/mol. The third kappa shape index (κ3) is 4.04. The summed E-state index contributed by atoms with van der Waals surface area (Å²) in [4.78, 5) is 25.1. The molecule has 1 aliphatic rings. The maximum absolute atomic E-state index is 13.0. The van der Waals surface area contributed by atoms with Crippen LogP contribution in [-0.2, 0) is 19.1 Å². The van der Waals surface area contributed by atoms with Gasteiger partial charge in [-0.2, -0.15) is 13.2 Å². The summed E-state index contributed by atoms with van der Waals surface area (Å²) in [7, 11) is 0. The van der Waals surface area contributed by atoms with E-state index >= 15 is 0 Å². The smallest absolute Gasteiger partial charge is 0.351 e. The molecule has 3 heterocycles. The van der Waals surface area contributed by atoms with Gasteiger partial charge in [-0.05, 0) is 48.2 Å². The Hall–Kier alpha value is -3.46. The first kappa shape index (κ1) is 21.4. The van der Waals surface area contributed by atoms with Gasteiger partial charge in [-0.25, -0.2) is 9.97 Å². The third-order valence-electron chi connectivity index (χ3n) is 5.79. The number of halogens is 3. The average Bonchev–Trinajstić information content (AvgIpc) is 3.15. The van der Waals surface area contributed by atoms with E-state index in [0.29, 0.717) is 21.8 Å². The van der Waals surface area contributed by atoms with Gasteiger partial charge in [-0.3, -0.25) is 4.79 Å². The van der Waals surface area contributed by atoms with E-state index in [-0.39, 0.29) is 5.69 Å². The highest BCUT2D eigenvalue weighted by Crippen LogP contribution is 2.37. The highest BCUT2D eigenvalue weighted by atomic mass is 32.1. The summed E-state index contributed by atoms with van der Waals surface area (Å²) in [5.74, 6) is 0.297. The number of thiophene rings is 1. The van der Waals surface area contributed by atoms with Gasteiger partial charge in [0, 0.05) is 18.8 Å². The number of nitrogens with one attached hydrogen (secondary N) is 1. The molecule has 0 fully saturated rings. The van der Waals surface area contributed by atoms with Crippen molar-refractivity contribution >= 4 is 39.0 Å².